The number of terminal acetylenes is 1. The molecule has 1 N–H and O–H groups in total. The zero-order valence-electron chi connectivity index (χ0n) is 10.5. The monoisotopic (exact) mass is 229 g/mol. The quantitative estimate of drug-likeness (QED) is 0.422. The molecule has 0 atom stereocenters. The van der Waals surface area contributed by atoms with E-state index in [0.29, 0.717) is 18.9 Å². The standard InChI is InChI=1S/C15H19NO/c1-4-5-6-7-8-9-10-11-12-15(17)16-13-14(2)3/h1,8-9,11-12,14H,7,10,13H2,2-3H3,(H,16,17)/b9-8-,12-11+. The Balaban J connectivity index is 3.66. The molecule has 17 heavy (non-hydrogen) atoms. The summed E-state index contributed by atoms with van der Waals surface area (Å²) < 4.78 is 0. The minimum absolute atomic E-state index is 0.0424. The Bertz CT molecular complexity index is 372. The number of rotatable bonds is 6. The van der Waals surface area contributed by atoms with E-state index in [2.05, 4.69) is 36.9 Å². The molecule has 1 amide bonds. The summed E-state index contributed by atoms with van der Waals surface area (Å²) in [5.74, 6) is 8.00. The molecule has 0 aliphatic heterocycles. The maximum absolute atomic E-state index is 11.3. The number of amides is 1. The van der Waals surface area contributed by atoms with Crippen LogP contribution in [-0.2, 0) is 4.79 Å². The summed E-state index contributed by atoms with van der Waals surface area (Å²) in [6.07, 6.45) is 13.6. The Morgan fingerprint density at radius 1 is 1.35 bits per heavy atom. The predicted octanol–water partition coefficient (Wildman–Crippen LogP) is 2.29. The average molecular weight is 229 g/mol. The fraction of sp³-hybridized carbons (Fsp3) is 0.400. The highest BCUT2D eigenvalue weighted by Gasteiger charge is 1.95. The number of hydrogen-bond donors (Lipinski definition) is 1. The van der Waals surface area contributed by atoms with Gasteiger partial charge in [-0.2, -0.15) is 0 Å². The molecule has 2 heteroatoms. The topological polar surface area (TPSA) is 29.1 Å². The van der Waals surface area contributed by atoms with Crippen LogP contribution in [0.3, 0.4) is 0 Å². The third-order valence-corrected chi connectivity index (χ3v) is 1.77. The third kappa shape index (κ3) is 12.0. The second kappa shape index (κ2) is 10.6. The summed E-state index contributed by atoms with van der Waals surface area (Å²) in [5.41, 5.74) is 0. The summed E-state index contributed by atoms with van der Waals surface area (Å²) in [4.78, 5) is 11.3. The summed E-state index contributed by atoms with van der Waals surface area (Å²) >= 11 is 0. The predicted molar refractivity (Wildman–Crippen MR) is 72.0 cm³/mol. The normalized spacial score (nSPS) is 10.2. The lowest BCUT2D eigenvalue weighted by molar-refractivity contribution is -0.116. The van der Waals surface area contributed by atoms with Crippen molar-refractivity contribution in [2.45, 2.75) is 26.7 Å². The second-order valence-electron chi connectivity index (χ2n) is 3.90. The van der Waals surface area contributed by atoms with E-state index in [0.717, 1.165) is 6.42 Å². The van der Waals surface area contributed by atoms with E-state index in [1.165, 1.54) is 0 Å². The Kier molecular flexibility index (Phi) is 9.38. The molecule has 0 aromatic rings. The van der Waals surface area contributed by atoms with Gasteiger partial charge in [0.05, 0.1) is 0 Å². The van der Waals surface area contributed by atoms with E-state index < -0.39 is 0 Å². The van der Waals surface area contributed by atoms with Crippen molar-refractivity contribution in [3.63, 3.8) is 0 Å². The van der Waals surface area contributed by atoms with Gasteiger partial charge in [0.25, 0.3) is 0 Å². The molecule has 2 nitrogen and oxygen atoms in total. The molecular weight excluding hydrogens is 210 g/mol. The summed E-state index contributed by atoms with van der Waals surface area (Å²) in [5, 5.41) is 2.81. The van der Waals surface area contributed by atoms with E-state index in [-0.39, 0.29) is 5.91 Å². The Labute approximate surface area is 104 Å². The van der Waals surface area contributed by atoms with Gasteiger partial charge in [-0.05, 0) is 30.3 Å². The fourth-order valence-electron chi connectivity index (χ4n) is 0.958. The summed E-state index contributed by atoms with van der Waals surface area (Å²) in [6.45, 7) is 4.83. The van der Waals surface area contributed by atoms with Crippen molar-refractivity contribution in [3.8, 4) is 24.2 Å². The van der Waals surface area contributed by atoms with Gasteiger partial charge in [0.2, 0.25) is 5.91 Å². The maximum Gasteiger partial charge on any atom is 0.243 e. The number of carbonyl (C=O) groups is 1. The maximum atomic E-state index is 11.3. The van der Waals surface area contributed by atoms with Crippen molar-refractivity contribution in [2.24, 2.45) is 5.92 Å². The zero-order chi connectivity index (χ0) is 12.9. The number of allylic oxidation sites excluding steroid dienone is 3. The Hall–Kier alpha value is -1.93. The van der Waals surface area contributed by atoms with Gasteiger partial charge < -0.3 is 5.32 Å². The van der Waals surface area contributed by atoms with E-state index in [1.807, 2.05) is 18.2 Å². The van der Waals surface area contributed by atoms with Crippen LogP contribution in [0.5, 0.6) is 0 Å². The van der Waals surface area contributed by atoms with Gasteiger partial charge in [0.15, 0.2) is 0 Å². The Morgan fingerprint density at radius 2 is 2.12 bits per heavy atom. The van der Waals surface area contributed by atoms with Crippen LogP contribution in [0.1, 0.15) is 26.7 Å². The van der Waals surface area contributed by atoms with E-state index in [9.17, 15) is 4.79 Å². The first-order chi connectivity index (χ1) is 8.16. The van der Waals surface area contributed by atoms with E-state index in [4.69, 9.17) is 6.42 Å². The molecule has 0 saturated heterocycles. The molecule has 0 aliphatic rings. The number of hydrogen-bond acceptors (Lipinski definition) is 1. The van der Waals surface area contributed by atoms with Gasteiger partial charge in [-0.3, -0.25) is 4.79 Å². The average Bonchev–Trinajstić information content (AvgIpc) is 2.30. The largest absolute Gasteiger partial charge is 0.352 e. The van der Waals surface area contributed by atoms with Crippen molar-refractivity contribution in [3.05, 3.63) is 24.3 Å². The van der Waals surface area contributed by atoms with Gasteiger partial charge in [-0.15, -0.1) is 6.42 Å². The van der Waals surface area contributed by atoms with Crippen LogP contribution in [0, 0.1) is 30.1 Å². The SMILES string of the molecule is C#CC#CC/C=C\C/C=C/C(=O)NCC(C)C. The van der Waals surface area contributed by atoms with Gasteiger partial charge in [0, 0.05) is 13.0 Å². The third-order valence-electron chi connectivity index (χ3n) is 1.77. The molecule has 0 aromatic carbocycles. The highest BCUT2D eigenvalue weighted by Crippen LogP contribution is 1.90. The molecule has 0 unspecified atom stereocenters. The van der Waals surface area contributed by atoms with Crippen molar-refractivity contribution in [2.75, 3.05) is 6.54 Å². The van der Waals surface area contributed by atoms with Crippen molar-refractivity contribution in [1.29, 1.82) is 0 Å². The summed E-state index contributed by atoms with van der Waals surface area (Å²) in [6, 6.07) is 0. The van der Waals surface area contributed by atoms with Crippen LogP contribution in [0.2, 0.25) is 0 Å². The molecule has 0 bridgehead atoms. The van der Waals surface area contributed by atoms with Gasteiger partial charge >= 0.3 is 0 Å². The summed E-state index contributed by atoms with van der Waals surface area (Å²) in [7, 11) is 0. The van der Waals surface area contributed by atoms with Gasteiger partial charge in [-0.1, -0.05) is 38.0 Å². The first kappa shape index (κ1) is 15.1. The number of carbonyl (C=O) groups excluding carboxylic acids is 1. The van der Waals surface area contributed by atoms with Crippen LogP contribution < -0.4 is 5.32 Å². The fourth-order valence-corrected chi connectivity index (χ4v) is 0.958. The van der Waals surface area contributed by atoms with Crippen LogP contribution in [-0.4, -0.2) is 12.5 Å². The van der Waals surface area contributed by atoms with Crippen molar-refractivity contribution in [1.82, 2.24) is 5.32 Å². The molecule has 90 valence electrons. The molecule has 0 rings (SSSR count). The minimum atomic E-state index is -0.0424. The molecule has 0 fully saturated rings. The van der Waals surface area contributed by atoms with E-state index in [1.54, 1.807) is 6.08 Å². The minimum Gasteiger partial charge on any atom is -0.352 e. The van der Waals surface area contributed by atoms with Crippen LogP contribution >= 0.6 is 0 Å². The lowest BCUT2D eigenvalue weighted by atomic mass is 10.2. The molecular formula is C15H19NO. The molecule has 0 aliphatic carbocycles. The number of nitrogens with one attached hydrogen (secondary N) is 1. The molecule has 0 saturated carbocycles. The van der Waals surface area contributed by atoms with Crippen molar-refractivity contribution >= 4 is 5.91 Å². The van der Waals surface area contributed by atoms with Crippen LogP contribution in [0.25, 0.3) is 0 Å². The highest BCUT2D eigenvalue weighted by molar-refractivity contribution is 5.87. The van der Waals surface area contributed by atoms with E-state index >= 15 is 0 Å². The molecule has 0 spiro atoms. The van der Waals surface area contributed by atoms with Gasteiger partial charge in [-0.25, -0.2) is 0 Å². The first-order valence-electron chi connectivity index (χ1n) is 5.69. The molecule has 0 aromatic heterocycles. The lowest BCUT2D eigenvalue weighted by Crippen LogP contribution is -2.25. The van der Waals surface area contributed by atoms with Crippen LogP contribution in [0.15, 0.2) is 24.3 Å². The zero-order valence-corrected chi connectivity index (χ0v) is 10.5. The lowest BCUT2D eigenvalue weighted by Gasteiger charge is -2.03. The van der Waals surface area contributed by atoms with Crippen molar-refractivity contribution < 1.29 is 4.79 Å². The Morgan fingerprint density at radius 3 is 2.76 bits per heavy atom. The molecule has 0 radical (unpaired) electrons. The second-order valence-corrected chi connectivity index (χ2v) is 3.90. The van der Waals surface area contributed by atoms with Crippen LogP contribution in [0.4, 0.5) is 0 Å². The highest BCUT2D eigenvalue weighted by atomic mass is 16.1. The smallest absolute Gasteiger partial charge is 0.243 e. The first-order valence-corrected chi connectivity index (χ1v) is 5.69. The molecule has 0 heterocycles. The van der Waals surface area contributed by atoms with Gasteiger partial charge in [0.1, 0.15) is 0 Å².